The van der Waals surface area contributed by atoms with E-state index in [2.05, 4.69) is 5.32 Å². The number of benzene rings is 3. The van der Waals surface area contributed by atoms with Crippen LogP contribution in [0.4, 0.5) is 13.2 Å². The van der Waals surface area contributed by atoms with E-state index >= 15 is 0 Å². The summed E-state index contributed by atoms with van der Waals surface area (Å²) in [6, 6.07) is 19.0. The van der Waals surface area contributed by atoms with Gasteiger partial charge in [0.25, 0.3) is 5.91 Å². The maximum Gasteiger partial charge on any atom is 0.416 e. The first-order chi connectivity index (χ1) is 16.6. The molecule has 8 heteroatoms. The van der Waals surface area contributed by atoms with Crippen LogP contribution in [0.2, 0.25) is 0 Å². The highest BCUT2D eigenvalue weighted by Gasteiger charge is 2.46. The molecule has 0 aromatic heterocycles. The number of amides is 2. The minimum atomic E-state index is -4.51. The number of methoxy groups -OCH3 is 1. The van der Waals surface area contributed by atoms with Crippen LogP contribution < -0.4 is 10.1 Å². The molecule has 0 unspecified atom stereocenters. The predicted octanol–water partition coefficient (Wildman–Crippen LogP) is 4.99. The molecule has 4 rings (SSSR count). The molecule has 5 nitrogen and oxygen atoms in total. The highest BCUT2D eigenvalue weighted by Crippen LogP contribution is 2.34. The van der Waals surface area contributed by atoms with Crippen LogP contribution >= 0.6 is 0 Å². The molecule has 2 amide bonds. The Morgan fingerprint density at radius 2 is 1.74 bits per heavy atom. The molecule has 1 N–H and O–H groups in total. The highest BCUT2D eigenvalue weighted by molar-refractivity contribution is 6.02. The van der Waals surface area contributed by atoms with E-state index in [0.717, 1.165) is 23.3 Å². The number of nitrogens with zero attached hydrogens (tertiary/aromatic N) is 1. The number of carbonyl (C=O) groups excluding carboxylic acids is 2. The zero-order valence-corrected chi connectivity index (χ0v) is 19.4. The summed E-state index contributed by atoms with van der Waals surface area (Å²) >= 11 is 0. The number of hydrogen-bond acceptors (Lipinski definition) is 3. The van der Waals surface area contributed by atoms with Crippen LogP contribution in [0, 0.1) is 0 Å². The Bertz CT molecular complexity index is 1240. The van der Waals surface area contributed by atoms with Gasteiger partial charge in [-0.2, -0.15) is 13.2 Å². The molecule has 0 spiro atoms. The van der Waals surface area contributed by atoms with Gasteiger partial charge in [-0.25, -0.2) is 0 Å². The van der Waals surface area contributed by atoms with Gasteiger partial charge in [0.1, 0.15) is 11.3 Å². The van der Waals surface area contributed by atoms with E-state index in [0.29, 0.717) is 16.9 Å². The molecule has 0 saturated heterocycles. The van der Waals surface area contributed by atoms with Gasteiger partial charge in [-0.3, -0.25) is 9.59 Å². The molecule has 0 radical (unpaired) electrons. The molecule has 1 aliphatic heterocycles. The molecule has 1 aliphatic rings. The average Bonchev–Trinajstić information content (AvgIpc) is 2.85. The number of hydrogen-bond donors (Lipinski definition) is 1. The van der Waals surface area contributed by atoms with Crippen LogP contribution in [-0.2, 0) is 30.5 Å². The lowest BCUT2D eigenvalue weighted by Gasteiger charge is -2.44. The highest BCUT2D eigenvalue weighted by atomic mass is 19.4. The summed E-state index contributed by atoms with van der Waals surface area (Å²) in [4.78, 5) is 28.3. The third-order valence-corrected chi connectivity index (χ3v) is 6.32. The average molecular weight is 483 g/mol. The van der Waals surface area contributed by atoms with Gasteiger partial charge < -0.3 is 15.0 Å². The van der Waals surface area contributed by atoms with Gasteiger partial charge in [-0.05, 0) is 53.9 Å². The van der Waals surface area contributed by atoms with Crippen molar-refractivity contribution in [3.05, 3.63) is 101 Å². The minimum Gasteiger partial charge on any atom is -0.497 e. The fraction of sp³-hybridized carbons (Fsp3) is 0.259. The van der Waals surface area contributed by atoms with Gasteiger partial charge in [0.05, 0.1) is 12.7 Å². The summed E-state index contributed by atoms with van der Waals surface area (Å²) in [5, 5.41) is 2.90. The zero-order valence-electron chi connectivity index (χ0n) is 19.4. The summed E-state index contributed by atoms with van der Waals surface area (Å²) < 4.78 is 44.9. The largest absolute Gasteiger partial charge is 0.497 e. The quantitative estimate of drug-likeness (QED) is 0.539. The number of halogens is 3. The third-order valence-electron chi connectivity index (χ3n) is 6.32. The van der Waals surface area contributed by atoms with Crippen molar-refractivity contribution in [2.24, 2.45) is 0 Å². The first kappa shape index (κ1) is 24.3. The van der Waals surface area contributed by atoms with Gasteiger partial charge >= 0.3 is 6.18 Å². The maximum atomic E-state index is 13.5. The van der Waals surface area contributed by atoms with Crippen molar-refractivity contribution in [1.82, 2.24) is 10.2 Å². The van der Waals surface area contributed by atoms with E-state index < -0.39 is 23.2 Å². The second-order valence-corrected chi connectivity index (χ2v) is 8.73. The third kappa shape index (κ3) is 5.01. The van der Waals surface area contributed by atoms with Crippen LogP contribution in [0.25, 0.3) is 0 Å². The number of rotatable bonds is 6. The first-order valence-electron chi connectivity index (χ1n) is 11.1. The van der Waals surface area contributed by atoms with E-state index in [1.165, 1.54) is 17.0 Å². The minimum absolute atomic E-state index is 0.135. The fourth-order valence-electron chi connectivity index (χ4n) is 4.31. The van der Waals surface area contributed by atoms with Crippen LogP contribution in [0.3, 0.4) is 0 Å². The topological polar surface area (TPSA) is 58.6 Å². The van der Waals surface area contributed by atoms with E-state index in [1.54, 1.807) is 50.4 Å². The molecule has 0 saturated carbocycles. The normalized spacial score (nSPS) is 17.6. The lowest BCUT2D eigenvalue weighted by atomic mass is 9.82. The van der Waals surface area contributed by atoms with Crippen LogP contribution in [0.1, 0.15) is 39.5 Å². The summed E-state index contributed by atoms with van der Waals surface area (Å²) in [5.41, 5.74) is 0.202. The predicted molar refractivity (Wildman–Crippen MR) is 125 cm³/mol. The summed E-state index contributed by atoms with van der Waals surface area (Å²) in [5.74, 6) is -0.0942. The Hall–Kier alpha value is -3.81. The second kappa shape index (κ2) is 9.44. The number of carbonyl (C=O) groups is 2. The van der Waals surface area contributed by atoms with Crippen molar-refractivity contribution in [3.8, 4) is 5.75 Å². The van der Waals surface area contributed by atoms with Crippen molar-refractivity contribution in [1.29, 1.82) is 0 Å². The van der Waals surface area contributed by atoms with Gasteiger partial charge in [-0.1, -0.05) is 42.5 Å². The van der Waals surface area contributed by atoms with Gasteiger partial charge in [0.15, 0.2) is 0 Å². The SMILES string of the molecule is COc1ccc(CNC(=O)[C@@]2(C)Cc3ccccc3C(=O)N2Cc2cccc(C(F)(F)F)c2)cc1. The van der Waals surface area contributed by atoms with Crippen molar-refractivity contribution in [2.75, 3.05) is 7.11 Å². The summed E-state index contributed by atoms with van der Waals surface area (Å²) in [6.45, 7) is 1.74. The number of fused-ring (bicyclic) bond motifs is 1. The molecule has 182 valence electrons. The summed E-state index contributed by atoms with van der Waals surface area (Å²) in [6.07, 6.45) is -4.27. The Balaban J connectivity index is 1.63. The van der Waals surface area contributed by atoms with E-state index in [4.69, 9.17) is 4.74 Å². The van der Waals surface area contributed by atoms with Crippen molar-refractivity contribution >= 4 is 11.8 Å². The summed E-state index contributed by atoms with van der Waals surface area (Å²) in [7, 11) is 1.56. The van der Waals surface area contributed by atoms with E-state index in [9.17, 15) is 22.8 Å². The monoisotopic (exact) mass is 482 g/mol. The molecular formula is C27H25F3N2O3. The van der Waals surface area contributed by atoms with E-state index in [1.807, 2.05) is 12.1 Å². The second-order valence-electron chi connectivity index (χ2n) is 8.73. The van der Waals surface area contributed by atoms with Gasteiger partial charge in [0, 0.05) is 25.1 Å². The van der Waals surface area contributed by atoms with Crippen molar-refractivity contribution in [2.45, 2.75) is 38.1 Å². The molecule has 3 aromatic rings. The fourth-order valence-corrected chi connectivity index (χ4v) is 4.31. The standard InChI is InChI=1S/C27H25F3N2O3/c1-26(25(34)31-16-18-10-12-22(35-2)13-11-18)15-20-7-3-4-9-23(20)24(33)32(26)17-19-6-5-8-21(14-19)27(28,29)30/h3-14H,15-17H2,1-2H3,(H,31,34)/t26-/m1/s1. The van der Waals surface area contributed by atoms with Crippen LogP contribution in [-0.4, -0.2) is 29.4 Å². The van der Waals surface area contributed by atoms with Crippen molar-refractivity contribution in [3.63, 3.8) is 0 Å². The Labute approximate surface area is 201 Å². The molecular weight excluding hydrogens is 457 g/mol. The number of alkyl halides is 3. The molecule has 0 fully saturated rings. The van der Waals surface area contributed by atoms with Crippen molar-refractivity contribution < 1.29 is 27.5 Å². The molecule has 0 aliphatic carbocycles. The number of nitrogens with one attached hydrogen (secondary N) is 1. The Morgan fingerprint density at radius 3 is 2.43 bits per heavy atom. The molecule has 35 heavy (non-hydrogen) atoms. The maximum absolute atomic E-state index is 13.5. The number of ether oxygens (including phenoxy) is 1. The lowest BCUT2D eigenvalue weighted by Crippen LogP contribution is -2.62. The van der Waals surface area contributed by atoms with Crippen LogP contribution in [0.15, 0.2) is 72.8 Å². The molecule has 3 aromatic carbocycles. The first-order valence-corrected chi connectivity index (χ1v) is 11.1. The Morgan fingerprint density at radius 1 is 1.03 bits per heavy atom. The van der Waals surface area contributed by atoms with Crippen LogP contribution in [0.5, 0.6) is 5.75 Å². The molecule has 1 heterocycles. The van der Waals surface area contributed by atoms with Gasteiger partial charge in [-0.15, -0.1) is 0 Å². The lowest BCUT2D eigenvalue weighted by molar-refractivity contribution is -0.137. The molecule has 0 bridgehead atoms. The van der Waals surface area contributed by atoms with E-state index in [-0.39, 0.29) is 25.4 Å². The molecule has 1 atom stereocenters. The zero-order chi connectivity index (χ0) is 25.2. The Kier molecular flexibility index (Phi) is 6.56. The smallest absolute Gasteiger partial charge is 0.416 e. The van der Waals surface area contributed by atoms with Gasteiger partial charge in [0.2, 0.25) is 5.91 Å².